The summed E-state index contributed by atoms with van der Waals surface area (Å²) >= 11 is 6.08. The van der Waals surface area contributed by atoms with Gasteiger partial charge in [-0.3, -0.25) is 9.69 Å². The second kappa shape index (κ2) is 11.3. The molecule has 1 aromatic carbocycles. The molecular weight excluding hydrogens is 382 g/mol. The molecule has 5 heteroatoms. The molecule has 0 bridgehead atoms. The second-order valence-electron chi connectivity index (χ2n) is 7.82. The molecule has 2 aliphatic heterocycles. The monoisotopic (exact) mass is 413 g/mol. The molecule has 1 aromatic rings. The van der Waals surface area contributed by atoms with Crippen LogP contribution in [0.3, 0.4) is 0 Å². The van der Waals surface area contributed by atoms with E-state index in [4.69, 9.17) is 11.6 Å². The Morgan fingerprint density at radius 3 is 2.45 bits per heavy atom. The topological polar surface area (TPSA) is 35.6 Å². The fourth-order valence-corrected chi connectivity index (χ4v) is 4.25. The molecule has 3 rings (SSSR count). The Morgan fingerprint density at radius 2 is 1.79 bits per heavy atom. The lowest BCUT2D eigenvalue weighted by Gasteiger charge is -2.39. The van der Waals surface area contributed by atoms with Crippen molar-refractivity contribution in [3.63, 3.8) is 0 Å². The van der Waals surface area contributed by atoms with Crippen molar-refractivity contribution < 1.29 is 4.79 Å². The molecule has 4 nitrogen and oxygen atoms in total. The van der Waals surface area contributed by atoms with Crippen LogP contribution in [0.1, 0.15) is 30.9 Å². The van der Waals surface area contributed by atoms with Crippen molar-refractivity contribution >= 4 is 17.5 Å². The van der Waals surface area contributed by atoms with Crippen LogP contribution in [-0.4, -0.2) is 55.0 Å². The van der Waals surface area contributed by atoms with E-state index in [0.717, 1.165) is 57.1 Å². The fraction of sp³-hybridized carbons (Fsp3) is 0.458. The summed E-state index contributed by atoms with van der Waals surface area (Å²) in [5.74, 6) is 0.868. The van der Waals surface area contributed by atoms with Gasteiger partial charge in [-0.25, -0.2) is 0 Å². The van der Waals surface area contributed by atoms with Gasteiger partial charge in [0.25, 0.3) is 0 Å². The number of piperidine rings is 1. The predicted molar refractivity (Wildman–Crippen MR) is 121 cm³/mol. The lowest BCUT2D eigenvalue weighted by molar-refractivity contribution is -0.134. The number of carbonyl (C=O) groups excluding carboxylic acids is 1. The highest BCUT2D eigenvalue weighted by Crippen LogP contribution is 2.26. The molecule has 156 valence electrons. The molecule has 2 fully saturated rings. The Morgan fingerprint density at radius 1 is 1.10 bits per heavy atom. The van der Waals surface area contributed by atoms with Gasteiger partial charge in [0.1, 0.15) is 0 Å². The third-order valence-corrected chi connectivity index (χ3v) is 6.10. The summed E-state index contributed by atoms with van der Waals surface area (Å²) in [5.41, 5.74) is 1.21. The van der Waals surface area contributed by atoms with Gasteiger partial charge in [0.05, 0.1) is 6.04 Å². The molecule has 2 heterocycles. The standard InChI is InChI=1S/C24H32ClN3O/c1-2-3-4-5-6-23(21-7-9-22(25)10-8-21)27-15-17-28(18-16-27)24(29)19-20-11-13-26-14-12-20/h2-10,20,23,26H,1,11-19H2/b4-3-,6-5+. The van der Waals surface area contributed by atoms with E-state index in [9.17, 15) is 4.79 Å². The number of hydrogen-bond acceptors (Lipinski definition) is 3. The molecule has 1 amide bonds. The van der Waals surface area contributed by atoms with Crippen LogP contribution < -0.4 is 5.32 Å². The zero-order valence-electron chi connectivity index (χ0n) is 17.1. The van der Waals surface area contributed by atoms with Gasteiger partial charge in [-0.15, -0.1) is 0 Å². The first-order valence-electron chi connectivity index (χ1n) is 10.6. The number of nitrogens with zero attached hydrogens (tertiary/aromatic N) is 2. The molecule has 1 N–H and O–H groups in total. The number of benzene rings is 1. The summed E-state index contributed by atoms with van der Waals surface area (Å²) in [5, 5.41) is 4.12. The van der Waals surface area contributed by atoms with Gasteiger partial charge in [-0.1, -0.05) is 60.7 Å². The van der Waals surface area contributed by atoms with Crippen LogP contribution >= 0.6 is 11.6 Å². The van der Waals surface area contributed by atoms with Crippen LogP contribution in [0.15, 0.2) is 61.2 Å². The average Bonchev–Trinajstić information content (AvgIpc) is 2.76. The number of piperazine rings is 1. The molecule has 0 aliphatic carbocycles. The number of amides is 1. The predicted octanol–water partition coefficient (Wildman–Crippen LogP) is 4.21. The largest absolute Gasteiger partial charge is 0.340 e. The maximum atomic E-state index is 12.7. The molecular formula is C24H32ClN3O. The van der Waals surface area contributed by atoms with Crippen LogP contribution in [0.2, 0.25) is 5.02 Å². The van der Waals surface area contributed by atoms with E-state index in [1.165, 1.54) is 5.56 Å². The van der Waals surface area contributed by atoms with Crippen LogP contribution in [0.25, 0.3) is 0 Å². The smallest absolute Gasteiger partial charge is 0.222 e. The summed E-state index contributed by atoms with van der Waals surface area (Å²) in [4.78, 5) is 17.2. The number of rotatable bonds is 7. The van der Waals surface area contributed by atoms with E-state index < -0.39 is 0 Å². The Hall–Kier alpha value is -1.88. The highest BCUT2D eigenvalue weighted by atomic mass is 35.5. The first-order valence-corrected chi connectivity index (χ1v) is 11.0. The van der Waals surface area contributed by atoms with Gasteiger partial charge in [0.15, 0.2) is 0 Å². The third kappa shape index (κ3) is 6.56. The Balaban J connectivity index is 1.60. The molecule has 29 heavy (non-hydrogen) atoms. The first-order chi connectivity index (χ1) is 14.2. The van der Waals surface area contributed by atoms with Crippen molar-refractivity contribution in [2.24, 2.45) is 5.92 Å². The van der Waals surface area contributed by atoms with E-state index in [-0.39, 0.29) is 6.04 Å². The van der Waals surface area contributed by atoms with Crippen molar-refractivity contribution in [2.45, 2.75) is 25.3 Å². The lowest BCUT2D eigenvalue weighted by atomic mass is 9.94. The molecule has 0 radical (unpaired) electrons. The first kappa shape index (κ1) is 21.8. The van der Waals surface area contributed by atoms with Gasteiger partial charge in [-0.05, 0) is 49.5 Å². The SMILES string of the molecule is C=C/C=C\C=C\C(c1ccc(Cl)cc1)N1CCN(C(=O)CC2CCNCC2)CC1. The molecule has 0 aromatic heterocycles. The van der Waals surface area contributed by atoms with E-state index >= 15 is 0 Å². The van der Waals surface area contributed by atoms with E-state index in [1.54, 1.807) is 6.08 Å². The van der Waals surface area contributed by atoms with Crippen molar-refractivity contribution in [1.29, 1.82) is 0 Å². The molecule has 0 saturated carbocycles. The highest BCUT2D eigenvalue weighted by Gasteiger charge is 2.27. The Kier molecular flexibility index (Phi) is 8.53. The van der Waals surface area contributed by atoms with Gasteiger partial charge < -0.3 is 10.2 Å². The number of allylic oxidation sites excluding steroid dienone is 4. The van der Waals surface area contributed by atoms with E-state index in [0.29, 0.717) is 18.2 Å². The van der Waals surface area contributed by atoms with Gasteiger partial charge in [-0.2, -0.15) is 0 Å². The average molecular weight is 414 g/mol. The maximum absolute atomic E-state index is 12.7. The summed E-state index contributed by atoms with van der Waals surface area (Å²) < 4.78 is 0. The number of hydrogen-bond donors (Lipinski definition) is 1. The summed E-state index contributed by atoms with van der Waals surface area (Å²) in [6.07, 6.45) is 12.9. The molecule has 2 saturated heterocycles. The van der Waals surface area contributed by atoms with Crippen LogP contribution in [-0.2, 0) is 4.79 Å². The molecule has 1 unspecified atom stereocenters. The summed E-state index contributed by atoms with van der Waals surface area (Å²) in [6, 6.07) is 8.22. The number of halogens is 1. The Labute approximate surface area is 179 Å². The third-order valence-electron chi connectivity index (χ3n) is 5.85. The second-order valence-corrected chi connectivity index (χ2v) is 8.25. The van der Waals surface area contributed by atoms with Crippen molar-refractivity contribution in [1.82, 2.24) is 15.1 Å². The van der Waals surface area contributed by atoms with Crippen molar-refractivity contribution in [3.05, 3.63) is 71.8 Å². The normalized spacial score (nSPS) is 20.4. The van der Waals surface area contributed by atoms with Crippen LogP contribution in [0.5, 0.6) is 0 Å². The van der Waals surface area contributed by atoms with Gasteiger partial charge in [0.2, 0.25) is 5.91 Å². The highest BCUT2D eigenvalue weighted by molar-refractivity contribution is 6.30. The minimum Gasteiger partial charge on any atom is -0.340 e. The van der Waals surface area contributed by atoms with Crippen molar-refractivity contribution in [2.75, 3.05) is 39.3 Å². The van der Waals surface area contributed by atoms with Crippen molar-refractivity contribution in [3.8, 4) is 0 Å². The Bertz CT molecular complexity index is 714. The van der Waals surface area contributed by atoms with Crippen LogP contribution in [0.4, 0.5) is 0 Å². The minimum atomic E-state index is 0.170. The van der Waals surface area contributed by atoms with Gasteiger partial charge >= 0.3 is 0 Å². The molecule has 2 aliphatic rings. The zero-order chi connectivity index (χ0) is 20.5. The summed E-state index contributed by atoms with van der Waals surface area (Å²) in [6.45, 7) is 9.14. The minimum absolute atomic E-state index is 0.170. The molecule has 1 atom stereocenters. The van der Waals surface area contributed by atoms with E-state index in [1.807, 2.05) is 24.3 Å². The van der Waals surface area contributed by atoms with Gasteiger partial charge in [0, 0.05) is 37.6 Å². The lowest BCUT2D eigenvalue weighted by Crippen LogP contribution is -2.49. The number of nitrogens with one attached hydrogen (secondary N) is 1. The zero-order valence-corrected chi connectivity index (χ0v) is 17.9. The molecule has 0 spiro atoms. The van der Waals surface area contributed by atoms with E-state index in [2.05, 4.69) is 46.0 Å². The number of carbonyl (C=O) groups is 1. The fourth-order valence-electron chi connectivity index (χ4n) is 4.13. The summed E-state index contributed by atoms with van der Waals surface area (Å²) in [7, 11) is 0. The van der Waals surface area contributed by atoms with Crippen LogP contribution in [0, 0.1) is 5.92 Å². The maximum Gasteiger partial charge on any atom is 0.222 e. The quantitative estimate of drug-likeness (QED) is 0.680.